The van der Waals surface area contributed by atoms with Crippen molar-refractivity contribution in [1.29, 1.82) is 0 Å². The van der Waals surface area contributed by atoms with E-state index in [0.29, 0.717) is 6.54 Å². The van der Waals surface area contributed by atoms with Gasteiger partial charge in [0.2, 0.25) is 5.91 Å². The van der Waals surface area contributed by atoms with Crippen molar-refractivity contribution in [2.24, 2.45) is 0 Å². The highest BCUT2D eigenvalue weighted by molar-refractivity contribution is 5.98. The molecule has 1 amide bonds. The molecule has 1 heterocycles. The van der Waals surface area contributed by atoms with Gasteiger partial charge < -0.3 is 14.5 Å². The van der Waals surface area contributed by atoms with Crippen LogP contribution in [-0.2, 0) is 17.6 Å². The Bertz CT molecular complexity index is 858. The first kappa shape index (κ1) is 17.3. The summed E-state index contributed by atoms with van der Waals surface area (Å²) in [6.45, 7) is 8.02. The van der Waals surface area contributed by atoms with E-state index in [1.165, 1.54) is 18.4 Å². The normalized spacial score (nSPS) is 14.3. The Balaban J connectivity index is 2.12. The summed E-state index contributed by atoms with van der Waals surface area (Å²) in [6, 6.07) is 2.11. The topological polar surface area (TPSA) is 51.5 Å². The highest BCUT2D eigenvalue weighted by atomic mass is 16.5. The molecule has 1 aromatic carbocycles. The van der Waals surface area contributed by atoms with Crippen LogP contribution in [0.25, 0.3) is 16.5 Å². The van der Waals surface area contributed by atoms with Crippen LogP contribution < -0.4 is 10.1 Å². The third-order valence-electron chi connectivity index (χ3n) is 4.82. The summed E-state index contributed by atoms with van der Waals surface area (Å²) in [6.07, 6.45) is 7.70. The predicted molar refractivity (Wildman–Crippen MR) is 101 cm³/mol. The van der Waals surface area contributed by atoms with Crippen LogP contribution in [0.15, 0.2) is 29.2 Å². The largest absolute Gasteiger partial charge is 0.496 e. The number of carbonyl (C=O) groups is 1. The average Bonchev–Trinajstić information content (AvgIpc) is 2.99. The standard InChI is InChI=1S/C21H25NO3/c1-5-10-22-19(23)11-13(2)16-12-17-15-8-6-7-9-18(15)25-21(17)14(3)20(16)24-4/h5,11-12H,1,6-10H2,2-4H3,(H,22,23)/b13-11+. The van der Waals surface area contributed by atoms with Gasteiger partial charge in [-0.3, -0.25) is 4.79 Å². The zero-order valence-electron chi connectivity index (χ0n) is 15.2. The fourth-order valence-corrected chi connectivity index (χ4v) is 3.59. The molecule has 132 valence electrons. The quantitative estimate of drug-likeness (QED) is 0.651. The molecular formula is C21H25NO3. The third kappa shape index (κ3) is 3.21. The lowest BCUT2D eigenvalue weighted by molar-refractivity contribution is -0.116. The van der Waals surface area contributed by atoms with Gasteiger partial charge in [0.15, 0.2) is 0 Å². The van der Waals surface area contributed by atoms with Gasteiger partial charge in [0, 0.05) is 41.1 Å². The number of hydrogen-bond donors (Lipinski definition) is 1. The first-order chi connectivity index (χ1) is 12.1. The fourth-order valence-electron chi connectivity index (χ4n) is 3.59. The molecular weight excluding hydrogens is 314 g/mol. The van der Waals surface area contributed by atoms with Crippen molar-refractivity contribution in [2.75, 3.05) is 13.7 Å². The summed E-state index contributed by atoms with van der Waals surface area (Å²) in [5.74, 6) is 1.74. The van der Waals surface area contributed by atoms with Gasteiger partial charge in [-0.25, -0.2) is 0 Å². The monoisotopic (exact) mass is 339 g/mol. The number of amides is 1. The van der Waals surface area contributed by atoms with Gasteiger partial charge >= 0.3 is 0 Å². The summed E-state index contributed by atoms with van der Waals surface area (Å²) in [4.78, 5) is 12.0. The number of allylic oxidation sites excluding steroid dienone is 1. The van der Waals surface area contributed by atoms with Crippen molar-refractivity contribution >= 4 is 22.4 Å². The van der Waals surface area contributed by atoms with Gasteiger partial charge in [0.1, 0.15) is 17.1 Å². The van der Waals surface area contributed by atoms with Crippen molar-refractivity contribution in [3.63, 3.8) is 0 Å². The molecule has 1 aliphatic rings. The Morgan fingerprint density at radius 3 is 2.88 bits per heavy atom. The van der Waals surface area contributed by atoms with Crippen molar-refractivity contribution in [3.8, 4) is 5.75 Å². The number of rotatable bonds is 5. The van der Waals surface area contributed by atoms with Crippen LogP contribution in [0, 0.1) is 6.92 Å². The minimum atomic E-state index is -0.133. The lowest BCUT2D eigenvalue weighted by Crippen LogP contribution is -2.20. The Labute approximate surface area is 148 Å². The van der Waals surface area contributed by atoms with Crippen LogP contribution in [0.4, 0.5) is 0 Å². The van der Waals surface area contributed by atoms with Crippen molar-refractivity contribution in [1.82, 2.24) is 5.32 Å². The van der Waals surface area contributed by atoms with Crippen LogP contribution in [0.2, 0.25) is 0 Å². The Kier molecular flexibility index (Phi) is 4.98. The van der Waals surface area contributed by atoms with E-state index in [4.69, 9.17) is 9.15 Å². The van der Waals surface area contributed by atoms with Gasteiger partial charge in [-0.1, -0.05) is 6.08 Å². The van der Waals surface area contributed by atoms with E-state index in [9.17, 15) is 4.79 Å². The molecule has 25 heavy (non-hydrogen) atoms. The highest BCUT2D eigenvalue weighted by Crippen LogP contribution is 2.40. The van der Waals surface area contributed by atoms with E-state index < -0.39 is 0 Å². The number of methoxy groups -OCH3 is 1. The molecule has 0 bridgehead atoms. The molecule has 1 N–H and O–H groups in total. The van der Waals surface area contributed by atoms with Gasteiger partial charge in [-0.05, 0) is 44.7 Å². The van der Waals surface area contributed by atoms with Crippen LogP contribution in [0.5, 0.6) is 5.75 Å². The predicted octanol–water partition coefficient (Wildman–Crippen LogP) is 4.33. The number of carbonyl (C=O) groups excluding carboxylic acids is 1. The van der Waals surface area contributed by atoms with Crippen molar-refractivity contribution < 1.29 is 13.9 Å². The van der Waals surface area contributed by atoms with E-state index in [2.05, 4.69) is 18.0 Å². The summed E-state index contributed by atoms with van der Waals surface area (Å²) in [5.41, 5.74) is 5.03. The smallest absolute Gasteiger partial charge is 0.244 e. The minimum Gasteiger partial charge on any atom is -0.496 e. The highest BCUT2D eigenvalue weighted by Gasteiger charge is 2.22. The van der Waals surface area contributed by atoms with Gasteiger partial charge in [0.05, 0.1) is 7.11 Å². The molecule has 0 spiro atoms. The maximum Gasteiger partial charge on any atom is 0.244 e. The Hall–Kier alpha value is -2.49. The lowest BCUT2D eigenvalue weighted by Gasteiger charge is -2.13. The van der Waals surface area contributed by atoms with Gasteiger partial charge in [0.25, 0.3) is 0 Å². The molecule has 0 atom stereocenters. The molecule has 1 aliphatic carbocycles. The SMILES string of the molecule is C=CCNC(=O)/C=C(\C)c1cc2c3c(oc2c(C)c1OC)CCCC3. The van der Waals surface area contributed by atoms with Crippen LogP contribution in [0.1, 0.15) is 42.2 Å². The molecule has 1 aromatic heterocycles. The summed E-state index contributed by atoms with van der Waals surface area (Å²) < 4.78 is 11.8. The number of ether oxygens (including phenoxy) is 1. The number of aryl methyl sites for hydroxylation is 3. The number of furan rings is 1. The van der Waals surface area contributed by atoms with E-state index in [0.717, 1.165) is 52.0 Å². The number of benzene rings is 1. The van der Waals surface area contributed by atoms with Crippen molar-refractivity contribution in [3.05, 3.63) is 47.2 Å². The number of nitrogens with one attached hydrogen (secondary N) is 1. The minimum absolute atomic E-state index is 0.133. The molecule has 0 fully saturated rings. The Morgan fingerprint density at radius 1 is 1.40 bits per heavy atom. The lowest BCUT2D eigenvalue weighted by atomic mass is 9.93. The third-order valence-corrected chi connectivity index (χ3v) is 4.82. The van der Waals surface area contributed by atoms with Crippen molar-refractivity contribution in [2.45, 2.75) is 39.5 Å². The summed E-state index contributed by atoms with van der Waals surface area (Å²) in [5, 5.41) is 3.93. The Morgan fingerprint density at radius 2 is 2.16 bits per heavy atom. The van der Waals surface area contributed by atoms with E-state index in [1.54, 1.807) is 19.3 Å². The molecule has 0 saturated carbocycles. The molecule has 4 heteroatoms. The van der Waals surface area contributed by atoms with Crippen LogP contribution in [0.3, 0.4) is 0 Å². The fraction of sp³-hybridized carbons (Fsp3) is 0.381. The maximum atomic E-state index is 12.0. The second-order valence-corrected chi connectivity index (χ2v) is 6.53. The first-order valence-corrected chi connectivity index (χ1v) is 8.76. The summed E-state index contributed by atoms with van der Waals surface area (Å²) >= 11 is 0. The molecule has 3 rings (SSSR count). The molecule has 4 nitrogen and oxygen atoms in total. The number of hydrogen-bond acceptors (Lipinski definition) is 3. The second-order valence-electron chi connectivity index (χ2n) is 6.53. The maximum absolute atomic E-state index is 12.0. The second kappa shape index (κ2) is 7.18. The zero-order valence-corrected chi connectivity index (χ0v) is 15.2. The molecule has 0 unspecified atom stereocenters. The van der Waals surface area contributed by atoms with E-state index in [-0.39, 0.29) is 5.91 Å². The first-order valence-electron chi connectivity index (χ1n) is 8.76. The van der Waals surface area contributed by atoms with Gasteiger partial charge in [-0.2, -0.15) is 0 Å². The summed E-state index contributed by atoms with van der Waals surface area (Å²) in [7, 11) is 1.66. The zero-order chi connectivity index (χ0) is 18.0. The number of fused-ring (bicyclic) bond motifs is 3. The average molecular weight is 339 g/mol. The van der Waals surface area contributed by atoms with Crippen LogP contribution >= 0.6 is 0 Å². The van der Waals surface area contributed by atoms with E-state index >= 15 is 0 Å². The molecule has 0 radical (unpaired) electrons. The molecule has 2 aromatic rings. The van der Waals surface area contributed by atoms with Crippen LogP contribution in [-0.4, -0.2) is 19.6 Å². The van der Waals surface area contributed by atoms with E-state index in [1.807, 2.05) is 13.8 Å². The molecule has 0 saturated heterocycles. The van der Waals surface area contributed by atoms with Gasteiger partial charge in [-0.15, -0.1) is 6.58 Å². The molecule has 0 aliphatic heterocycles.